The molecule has 0 unspecified atom stereocenters. The van der Waals surface area contributed by atoms with Crippen LogP contribution in [0.15, 0.2) is 48.5 Å². The minimum absolute atomic E-state index is 0.0125. The monoisotopic (exact) mass is 440 g/mol. The Hall–Kier alpha value is -3.55. The van der Waals surface area contributed by atoms with E-state index in [0.717, 1.165) is 5.75 Å². The van der Waals surface area contributed by atoms with Crippen LogP contribution in [0, 0.1) is 0 Å². The molecule has 1 N–H and O–H groups in total. The van der Waals surface area contributed by atoms with Crippen LogP contribution in [0.5, 0.6) is 11.5 Å². The van der Waals surface area contributed by atoms with Crippen molar-refractivity contribution in [3.8, 4) is 11.5 Å². The summed E-state index contributed by atoms with van der Waals surface area (Å²) in [5.74, 6) is 0.825. The lowest BCUT2D eigenvalue weighted by atomic mass is 10.0. The van der Waals surface area contributed by atoms with Crippen molar-refractivity contribution in [1.82, 2.24) is 10.2 Å². The Morgan fingerprint density at radius 3 is 2.06 bits per heavy atom. The largest absolute Gasteiger partial charge is 0.513 e. The molecule has 0 radical (unpaired) electrons. The number of likely N-dealkylation sites (tertiary alicyclic amines) is 1. The molecule has 170 valence electrons. The lowest BCUT2D eigenvalue weighted by Crippen LogP contribution is -2.46. The smallest absolute Gasteiger partial charge is 0.494 e. The molecule has 0 aromatic heterocycles. The second-order valence-corrected chi connectivity index (χ2v) is 7.31. The maximum atomic E-state index is 12.8. The van der Waals surface area contributed by atoms with Crippen LogP contribution < -0.4 is 14.8 Å². The second-order valence-electron chi connectivity index (χ2n) is 7.31. The van der Waals surface area contributed by atoms with Crippen molar-refractivity contribution in [2.45, 2.75) is 32.7 Å². The summed E-state index contributed by atoms with van der Waals surface area (Å²) in [6.07, 6.45) is 0.581. The Bertz CT molecular complexity index is 919. The highest BCUT2D eigenvalue weighted by Gasteiger charge is 2.25. The average Bonchev–Trinajstić information content (AvgIpc) is 2.80. The fraction of sp³-hybridized carbons (Fsp3) is 0.375. The first-order valence-corrected chi connectivity index (χ1v) is 10.8. The van der Waals surface area contributed by atoms with Crippen LogP contribution in [0.3, 0.4) is 0 Å². The molecule has 1 aliphatic rings. The molecule has 2 aromatic carbocycles. The van der Waals surface area contributed by atoms with Crippen LogP contribution >= 0.6 is 0 Å². The zero-order valence-corrected chi connectivity index (χ0v) is 18.3. The van der Waals surface area contributed by atoms with E-state index in [9.17, 15) is 14.4 Å². The molecule has 0 aliphatic carbocycles. The molecule has 1 aliphatic heterocycles. The molecule has 0 atom stereocenters. The lowest BCUT2D eigenvalue weighted by Gasteiger charge is -2.32. The number of hydrogen-bond acceptors (Lipinski definition) is 6. The number of nitrogens with zero attached hydrogens (tertiary/aromatic N) is 1. The molecule has 0 saturated carbocycles. The molecule has 3 rings (SSSR count). The highest BCUT2D eigenvalue weighted by molar-refractivity contribution is 5.95. The molecule has 0 bridgehead atoms. The van der Waals surface area contributed by atoms with Crippen molar-refractivity contribution in [2.75, 3.05) is 26.3 Å². The Labute approximate surface area is 187 Å². The average molecular weight is 440 g/mol. The number of ether oxygens (including phenoxy) is 3. The number of carbonyl (C=O) groups is 3. The molecule has 0 spiro atoms. The molecule has 1 fully saturated rings. The second kappa shape index (κ2) is 11.2. The molecule has 32 heavy (non-hydrogen) atoms. The van der Waals surface area contributed by atoms with E-state index in [1.54, 1.807) is 60.4 Å². The van der Waals surface area contributed by atoms with Gasteiger partial charge in [-0.15, -0.1) is 0 Å². The van der Waals surface area contributed by atoms with Gasteiger partial charge in [-0.1, -0.05) is 0 Å². The molecule has 2 aromatic rings. The summed E-state index contributed by atoms with van der Waals surface area (Å²) in [4.78, 5) is 38.4. The van der Waals surface area contributed by atoms with Crippen LogP contribution in [0.4, 0.5) is 4.79 Å². The van der Waals surface area contributed by atoms with E-state index in [1.165, 1.54) is 0 Å². The highest BCUT2D eigenvalue weighted by atomic mass is 16.7. The summed E-state index contributed by atoms with van der Waals surface area (Å²) in [6.45, 7) is 5.51. The third-order valence-electron chi connectivity index (χ3n) is 5.11. The highest BCUT2D eigenvalue weighted by Crippen LogP contribution is 2.18. The first-order valence-electron chi connectivity index (χ1n) is 10.8. The van der Waals surface area contributed by atoms with Crippen LogP contribution in [0.1, 0.15) is 47.4 Å². The van der Waals surface area contributed by atoms with Crippen molar-refractivity contribution in [3.05, 3.63) is 59.7 Å². The standard InChI is InChI=1S/C24H28N2O6/c1-3-30-20-9-5-17(6-10-20)22(27)25-19-13-15-26(16-14-19)23(28)18-7-11-21(12-8-18)32-24(29)31-4-2/h5-12,19H,3-4,13-16H2,1-2H3,(H,25,27). The van der Waals surface area contributed by atoms with E-state index in [4.69, 9.17) is 14.2 Å². The van der Waals surface area contributed by atoms with E-state index in [2.05, 4.69) is 5.32 Å². The first-order chi connectivity index (χ1) is 15.5. The summed E-state index contributed by atoms with van der Waals surface area (Å²) >= 11 is 0. The number of carbonyl (C=O) groups excluding carboxylic acids is 3. The summed E-state index contributed by atoms with van der Waals surface area (Å²) in [5, 5.41) is 3.04. The maximum absolute atomic E-state index is 12.8. The number of rotatable bonds is 7. The van der Waals surface area contributed by atoms with Gasteiger partial charge >= 0.3 is 6.16 Å². The Morgan fingerprint density at radius 2 is 1.47 bits per heavy atom. The molecule has 2 amide bonds. The van der Waals surface area contributed by atoms with Gasteiger partial charge in [-0.05, 0) is 75.2 Å². The normalized spacial score (nSPS) is 13.9. The number of piperidine rings is 1. The Kier molecular flexibility index (Phi) is 8.08. The molecular formula is C24H28N2O6. The fourth-order valence-electron chi connectivity index (χ4n) is 3.46. The minimum atomic E-state index is -0.777. The van der Waals surface area contributed by atoms with Crippen LogP contribution in [-0.2, 0) is 4.74 Å². The fourth-order valence-corrected chi connectivity index (χ4v) is 3.46. The van der Waals surface area contributed by atoms with Crippen molar-refractivity contribution in [3.63, 3.8) is 0 Å². The molecular weight excluding hydrogens is 412 g/mol. The van der Waals surface area contributed by atoms with Crippen molar-refractivity contribution < 1.29 is 28.6 Å². The van der Waals surface area contributed by atoms with Gasteiger partial charge < -0.3 is 24.4 Å². The zero-order valence-electron chi connectivity index (χ0n) is 18.3. The lowest BCUT2D eigenvalue weighted by molar-refractivity contribution is 0.0698. The summed E-state index contributed by atoms with van der Waals surface area (Å²) in [7, 11) is 0. The maximum Gasteiger partial charge on any atom is 0.513 e. The van der Waals surface area contributed by atoms with E-state index in [-0.39, 0.29) is 24.5 Å². The van der Waals surface area contributed by atoms with Crippen molar-refractivity contribution in [1.29, 1.82) is 0 Å². The number of hydrogen-bond donors (Lipinski definition) is 1. The van der Waals surface area contributed by atoms with Gasteiger partial charge in [0.05, 0.1) is 13.2 Å². The third kappa shape index (κ3) is 6.23. The van der Waals surface area contributed by atoms with Crippen molar-refractivity contribution in [2.24, 2.45) is 0 Å². The van der Waals surface area contributed by atoms with Crippen LogP contribution in [0.25, 0.3) is 0 Å². The molecule has 8 nitrogen and oxygen atoms in total. The summed E-state index contributed by atoms with van der Waals surface area (Å²) < 4.78 is 15.1. The van der Waals surface area contributed by atoms with Gasteiger partial charge in [0.15, 0.2) is 0 Å². The molecule has 1 heterocycles. The Morgan fingerprint density at radius 1 is 0.875 bits per heavy atom. The SMILES string of the molecule is CCOC(=O)Oc1ccc(C(=O)N2CCC(NC(=O)c3ccc(OCC)cc3)CC2)cc1. The minimum Gasteiger partial charge on any atom is -0.494 e. The number of nitrogens with one attached hydrogen (secondary N) is 1. The Balaban J connectivity index is 1.48. The predicted molar refractivity (Wildman–Crippen MR) is 118 cm³/mol. The van der Waals surface area contributed by atoms with Gasteiger partial charge in [0, 0.05) is 30.3 Å². The summed E-state index contributed by atoms with van der Waals surface area (Å²) in [5.41, 5.74) is 1.09. The number of benzene rings is 2. The van der Waals surface area contributed by atoms with Gasteiger partial charge in [-0.25, -0.2) is 4.79 Å². The quantitative estimate of drug-likeness (QED) is 0.522. The zero-order chi connectivity index (χ0) is 22.9. The van der Waals surface area contributed by atoms with Crippen LogP contribution in [-0.4, -0.2) is 55.2 Å². The van der Waals surface area contributed by atoms with Crippen LogP contribution in [0.2, 0.25) is 0 Å². The van der Waals surface area contributed by atoms with Gasteiger partial charge in [0.2, 0.25) is 0 Å². The summed E-state index contributed by atoms with van der Waals surface area (Å²) in [6, 6.07) is 13.4. The van der Waals surface area contributed by atoms with Gasteiger partial charge in [0.1, 0.15) is 11.5 Å². The molecule has 8 heteroatoms. The topological polar surface area (TPSA) is 94.2 Å². The van der Waals surface area contributed by atoms with E-state index in [1.807, 2.05) is 6.92 Å². The van der Waals surface area contributed by atoms with Gasteiger partial charge in [-0.2, -0.15) is 0 Å². The van der Waals surface area contributed by atoms with E-state index in [0.29, 0.717) is 49.4 Å². The van der Waals surface area contributed by atoms with E-state index < -0.39 is 6.16 Å². The first kappa shape index (κ1) is 23.1. The van der Waals surface area contributed by atoms with Crippen molar-refractivity contribution >= 4 is 18.0 Å². The van der Waals surface area contributed by atoms with Gasteiger partial charge in [0.25, 0.3) is 11.8 Å². The number of amides is 2. The third-order valence-corrected chi connectivity index (χ3v) is 5.11. The van der Waals surface area contributed by atoms with Gasteiger partial charge in [-0.3, -0.25) is 9.59 Å². The molecule has 1 saturated heterocycles. The van der Waals surface area contributed by atoms with E-state index >= 15 is 0 Å². The predicted octanol–water partition coefficient (Wildman–Crippen LogP) is 3.66.